The minimum absolute atomic E-state index is 0.660. The molecule has 1 aromatic heterocycles. The Hall–Kier alpha value is -0.530. The van der Waals surface area contributed by atoms with E-state index in [-0.39, 0.29) is 0 Å². The standard InChI is InChI=1S/C9H9Cl2N/c1-7(10)2-3-8-4-9(11)6-12-5-8/h2,4-6H,3H2,1H3. The van der Waals surface area contributed by atoms with Crippen molar-refractivity contribution in [2.24, 2.45) is 0 Å². The van der Waals surface area contributed by atoms with Gasteiger partial charge in [0.15, 0.2) is 0 Å². The molecule has 0 fully saturated rings. The van der Waals surface area contributed by atoms with Crippen LogP contribution in [0.1, 0.15) is 12.5 Å². The molecule has 0 N–H and O–H groups in total. The van der Waals surface area contributed by atoms with Crippen molar-refractivity contribution in [1.82, 2.24) is 4.98 Å². The highest BCUT2D eigenvalue weighted by molar-refractivity contribution is 6.30. The zero-order chi connectivity index (χ0) is 8.97. The number of hydrogen-bond acceptors (Lipinski definition) is 1. The van der Waals surface area contributed by atoms with Crippen LogP contribution in [0.4, 0.5) is 0 Å². The second-order valence-electron chi connectivity index (χ2n) is 2.51. The van der Waals surface area contributed by atoms with Gasteiger partial charge in [0.2, 0.25) is 0 Å². The summed E-state index contributed by atoms with van der Waals surface area (Å²) in [5, 5.41) is 1.45. The lowest BCUT2D eigenvalue weighted by atomic mass is 10.2. The number of allylic oxidation sites excluding steroid dienone is 2. The summed E-state index contributed by atoms with van der Waals surface area (Å²) in [6.07, 6.45) is 6.10. The molecule has 0 unspecified atom stereocenters. The summed E-state index contributed by atoms with van der Waals surface area (Å²) in [6, 6.07) is 1.88. The Kier molecular flexibility index (Phi) is 3.57. The van der Waals surface area contributed by atoms with Crippen molar-refractivity contribution in [3.63, 3.8) is 0 Å². The van der Waals surface area contributed by atoms with Crippen molar-refractivity contribution in [2.75, 3.05) is 0 Å². The van der Waals surface area contributed by atoms with E-state index in [9.17, 15) is 0 Å². The zero-order valence-electron chi connectivity index (χ0n) is 6.72. The first kappa shape index (κ1) is 9.56. The van der Waals surface area contributed by atoms with E-state index in [1.165, 1.54) is 0 Å². The third kappa shape index (κ3) is 3.24. The van der Waals surface area contributed by atoms with Crippen LogP contribution in [0.2, 0.25) is 5.02 Å². The molecule has 12 heavy (non-hydrogen) atoms. The first-order chi connectivity index (χ1) is 5.68. The highest BCUT2D eigenvalue weighted by atomic mass is 35.5. The SMILES string of the molecule is CC(Cl)=CCc1cncc(Cl)c1. The molecule has 0 bridgehead atoms. The summed E-state index contributed by atoms with van der Waals surface area (Å²) in [4.78, 5) is 3.96. The average molecular weight is 202 g/mol. The molecule has 0 saturated carbocycles. The van der Waals surface area contributed by atoms with Crippen LogP contribution in [0.15, 0.2) is 29.6 Å². The molecule has 1 aromatic rings. The molecule has 0 aliphatic carbocycles. The Morgan fingerprint density at radius 3 is 2.92 bits per heavy atom. The van der Waals surface area contributed by atoms with Gasteiger partial charge in [-0.15, -0.1) is 0 Å². The molecule has 0 saturated heterocycles. The maximum atomic E-state index is 5.74. The van der Waals surface area contributed by atoms with Gasteiger partial charge in [0.1, 0.15) is 0 Å². The largest absolute Gasteiger partial charge is 0.263 e. The lowest BCUT2D eigenvalue weighted by Gasteiger charge is -1.95. The Labute approximate surface area is 82.0 Å². The van der Waals surface area contributed by atoms with Crippen LogP contribution < -0.4 is 0 Å². The van der Waals surface area contributed by atoms with Gasteiger partial charge in [-0.1, -0.05) is 29.3 Å². The highest BCUT2D eigenvalue weighted by Gasteiger charge is 1.92. The fraction of sp³-hybridized carbons (Fsp3) is 0.222. The summed E-state index contributed by atoms with van der Waals surface area (Å²) >= 11 is 11.4. The minimum atomic E-state index is 0.660. The van der Waals surface area contributed by atoms with Crippen LogP contribution >= 0.6 is 23.2 Å². The summed E-state index contributed by atoms with van der Waals surface area (Å²) in [6.45, 7) is 1.85. The van der Waals surface area contributed by atoms with Gasteiger partial charge >= 0.3 is 0 Å². The summed E-state index contributed by atoms with van der Waals surface area (Å²) in [5.41, 5.74) is 1.07. The van der Waals surface area contributed by atoms with Crippen LogP contribution in [0, 0.1) is 0 Å². The summed E-state index contributed by atoms with van der Waals surface area (Å²) < 4.78 is 0. The van der Waals surface area contributed by atoms with E-state index in [4.69, 9.17) is 23.2 Å². The number of aromatic nitrogens is 1. The lowest BCUT2D eigenvalue weighted by Crippen LogP contribution is -1.82. The first-order valence-electron chi connectivity index (χ1n) is 3.60. The minimum Gasteiger partial charge on any atom is -0.263 e. The van der Waals surface area contributed by atoms with Gasteiger partial charge in [-0.3, -0.25) is 4.98 Å². The van der Waals surface area contributed by atoms with E-state index in [0.717, 1.165) is 17.0 Å². The molecule has 3 heteroatoms. The van der Waals surface area contributed by atoms with E-state index in [2.05, 4.69) is 4.98 Å². The van der Waals surface area contributed by atoms with Gasteiger partial charge in [-0.2, -0.15) is 0 Å². The molecule has 1 nitrogen and oxygen atoms in total. The van der Waals surface area contributed by atoms with E-state index < -0.39 is 0 Å². The third-order valence-corrected chi connectivity index (χ3v) is 1.74. The second-order valence-corrected chi connectivity index (χ2v) is 3.54. The lowest BCUT2D eigenvalue weighted by molar-refractivity contribution is 1.18. The maximum Gasteiger partial charge on any atom is 0.0592 e. The van der Waals surface area contributed by atoms with Crippen molar-refractivity contribution < 1.29 is 0 Å². The van der Waals surface area contributed by atoms with Crippen molar-refractivity contribution in [3.8, 4) is 0 Å². The Bertz CT molecular complexity index is 290. The molecule has 0 aliphatic rings. The van der Waals surface area contributed by atoms with Crippen LogP contribution in [0.3, 0.4) is 0 Å². The number of hydrogen-bond donors (Lipinski definition) is 0. The molecule has 0 spiro atoms. The number of rotatable bonds is 2. The van der Waals surface area contributed by atoms with Crippen molar-refractivity contribution in [3.05, 3.63) is 40.2 Å². The first-order valence-corrected chi connectivity index (χ1v) is 4.36. The van der Waals surface area contributed by atoms with Crippen LogP contribution in [0.25, 0.3) is 0 Å². The molecule has 0 radical (unpaired) electrons. The molecule has 0 aromatic carbocycles. The maximum absolute atomic E-state index is 5.74. The van der Waals surface area contributed by atoms with E-state index in [1.807, 2.05) is 19.1 Å². The average Bonchev–Trinajstić information content (AvgIpc) is 2.01. The van der Waals surface area contributed by atoms with Gasteiger partial charge in [0, 0.05) is 17.4 Å². The fourth-order valence-electron chi connectivity index (χ4n) is 0.826. The number of halogens is 2. The molecular formula is C9H9Cl2N. The highest BCUT2D eigenvalue weighted by Crippen LogP contribution is 2.10. The van der Waals surface area contributed by atoms with Gasteiger partial charge in [-0.05, 0) is 25.0 Å². The fourth-order valence-corrected chi connectivity index (χ4v) is 1.10. The van der Waals surface area contributed by atoms with Crippen molar-refractivity contribution in [2.45, 2.75) is 13.3 Å². The Morgan fingerprint density at radius 2 is 2.33 bits per heavy atom. The van der Waals surface area contributed by atoms with Gasteiger partial charge in [0.05, 0.1) is 5.02 Å². The van der Waals surface area contributed by atoms with Gasteiger partial charge in [-0.25, -0.2) is 0 Å². The molecule has 1 heterocycles. The van der Waals surface area contributed by atoms with E-state index in [0.29, 0.717) is 5.02 Å². The monoisotopic (exact) mass is 201 g/mol. The summed E-state index contributed by atoms with van der Waals surface area (Å²) in [7, 11) is 0. The normalized spacial score (nSPS) is 11.8. The molecule has 0 atom stereocenters. The predicted molar refractivity (Wildman–Crippen MR) is 52.6 cm³/mol. The zero-order valence-corrected chi connectivity index (χ0v) is 8.23. The molecule has 0 aliphatic heterocycles. The third-order valence-electron chi connectivity index (χ3n) is 1.38. The quantitative estimate of drug-likeness (QED) is 0.715. The Balaban J connectivity index is 2.70. The van der Waals surface area contributed by atoms with Gasteiger partial charge < -0.3 is 0 Å². The number of pyridine rings is 1. The molecule has 1 rings (SSSR count). The van der Waals surface area contributed by atoms with Crippen LogP contribution in [0.5, 0.6) is 0 Å². The molecule has 0 amide bonds. The Morgan fingerprint density at radius 1 is 1.58 bits per heavy atom. The smallest absolute Gasteiger partial charge is 0.0592 e. The molecule has 64 valence electrons. The topological polar surface area (TPSA) is 12.9 Å². The van der Waals surface area contributed by atoms with E-state index >= 15 is 0 Å². The van der Waals surface area contributed by atoms with Crippen LogP contribution in [-0.2, 0) is 6.42 Å². The van der Waals surface area contributed by atoms with E-state index in [1.54, 1.807) is 12.4 Å². The predicted octanol–water partition coefficient (Wildman–Crippen LogP) is 3.42. The van der Waals surface area contributed by atoms with Crippen molar-refractivity contribution in [1.29, 1.82) is 0 Å². The van der Waals surface area contributed by atoms with Gasteiger partial charge in [0.25, 0.3) is 0 Å². The number of nitrogens with zero attached hydrogens (tertiary/aromatic N) is 1. The van der Waals surface area contributed by atoms with Crippen molar-refractivity contribution >= 4 is 23.2 Å². The van der Waals surface area contributed by atoms with Crippen LogP contribution in [-0.4, -0.2) is 4.98 Å². The second kappa shape index (κ2) is 4.48. The summed E-state index contributed by atoms with van der Waals surface area (Å²) in [5.74, 6) is 0. The molecular weight excluding hydrogens is 193 g/mol.